The average Bonchev–Trinajstić information content (AvgIpc) is 2.81. The fourth-order valence-electron chi connectivity index (χ4n) is 2.02. The van der Waals surface area contributed by atoms with E-state index in [4.69, 9.17) is 10.2 Å². The number of amides is 1. The number of rotatable bonds is 6. The molecular weight excluding hydrogens is 290 g/mol. The first-order valence-corrected chi connectivity index (χ1v) is 8.15. The fraction of sp³-hybridized carbons (Fsp3) is 0.429. The molecule has 21 heavy (non-hydrogen) atoms. The van der Waals surface area contributed by atoms with Crippen molar-refractivity contribution in [2.45, 2.75) is 38.0 Å². The number of nitrogens with two attached hydrogens (primary N) is 1. The maximum atomic E-state index is 12.1. The Kier molecular flexibility index (Phi) is 4.95. The Balaban J connectivity index is 2.03. The van der Waals surface area contributed by atoms with Crippen LogP contribution < -0.4 is 11.1 Å². The minimum Gasteiger partial charge on any atom is -0.430 e. The Labute approximate surface area is 125 Å². The Morgan fingerprint density at radius 1 is 1.52 bits per heavy atom. The van der Waals surface area contributed by atoms with Gasteiger partial charge in [-0.25, -0.2) is 9.19 Å². The third-order valence-electron chi connectivity index (χ3n) is 2.98. The van der Waals surface area contributed by atoms with Crippen molar-refractivity contribution >= 4 is 33.5 Å². The van der Waals surface area contributed by atoms with Gasteiger partial charge in [0.15, 0.2) is 5.58 Å². The van der Waals surface area contributed by atoms with E-state index in [0.29, 0.717) is 16.8 Å². The van der Waals surface area contributed by atoms with Crippen LogP contribution in [0.5, 0.6) is 0 Å². The number of nitrogens with one attached hydrogen (secondary N) is 1. The van der Waals surface area contributed by atoms with E-state index in [0.717, 1.165) is 12.8 Å². The Hall–Kier alpha value is -1.89. The molecule has 1 aromatic heterocycles. The van der Waals surface area contributed by atoms with Crippen LogP contribution in [-0.2, 0) is 15.6 Å². The van der Waals surface area contributed by atoms with Gasteiger partial charge in [0.2, 0.25) is 5.91 Å². The van der Waals surface area contributed by atoms with Crippen LogP contribution in [0.2, 0.25) is 0 Å². The molecule has 1 amide bonds. The van der Waals surface area contributed by atoms with Gasteiger partial charge < -0.3 is 15.5 Å². The Morgan fingerprint density at radius 2 is 2.29 bits per heavy atom. The summed E-state index contributed by atoms with van der Waals surface area (Å²) in [5, 5.41) is 2.85. The van der Waals surface area contributed by atoms with Crippen molar-refractivity contribution < 1.29 is 13.4 Å². The zero-order valence-electron chi connectivity index (χ0n) is 12.1. The maximum Gasteiger partial charge on any atom is 0.288 e. The highest BCUT2D eigenvalue weighted by Gasteiger charge is 2.17. The van der Waals surface area contributed by atoms with Gasteiger partial charge >= 0.3 is 0 Å². The molecule has 0 saturated heterocycles. The summed E-state index contributed by atoms with van der Waals surface area (Å²) in [6, 6.07) is 5.06. The minimum atomic E-state index is -1.60. The van der Waals surface area contributed by atoms with E-state index in [1.807, 2.05) is 13.8 Å². The lowest BCUT2D eigenvalue weighted by Gasteiger charge is -2.11. The topological polar surface area (TPSA) is 98.2 Å². The molecule has 1 aromatic carbocycles. The van der Waals surface area contributed by atoms with E-state index in [-0.39, 0.29) is 22.9 Å². The van der Waals surface area contributed by atoms with Crippen molar-refractivity contribution in [3.05, 3.63) is 18.2 Å². The lowest BCUT2D eigenvalue weighted by Crippen LogP contribution is -2.35. The molecule has 2 atom stereocenters. The summed E-state index contributed by atoms with van der Waals surface area (Å²) in [5.41, 5.74) is 7.25. The largest absolute Gasteiger partial charge is 0.430 e. The SMILES string of the molecule is CCCC(C)NC(=O)CS(=O)c1nc2cc(N)ccc2o1. The fourth-order valence-corrected chi connectivity index (χ4v) is 2.85. The number of anilines is 1. The van der Waals surface area contributed by atoms with Crippen LogP contribution in [0.3, 0.4) is 0 Å². The molecule has 0 bridgehead atoms. The van der Waals surface area contributed by atoms with Gasteiger partial charge in [-0.05, 0) is 31.5 Å². The third kappa shape index (κ3) is 4.04. The highest BCUT2D eigenvalue weighted by molar-refractivity contribution is 7.85. The van der Waals surface area contributed by atoms with Crippen molar-refractivity contribution in [3.8, 4) is 0 Å². The number of nitrogens with zero attached hydrogens (tertiary/aromatic N) is 1. The maximum absolute atomic E-state index is 12.1. The van der Waals surface area contributed by atoms with Crippen LogP contribution in [0.15, 0.2) is 27.8 Å². The van der Waals surface area contributed by atoms with E-state index in [9.17, 15) is 9.00 Å². The van der Waals surface area contributed by atoms with Crippen LogP contribution >= 0.6 is 0 Å². The molecular formula is C14H19N3O3S. The summed E-state index contributed by atoms with van der Waals surface area (Å²) in [7, 11) is -1.60. The molecule has 0 aliphatic heterocycles. The van der Waals surface area contributed by atoms with Gasteiger partial charge in [-0.2, -0.15) is 0 Å². The molecule has 0 radical (unpaired) electrons. The normalized spacial score (nSPS) is 14.0. The number of oxazole rings is 1. The van der Waals surface area contributed by atoms with Crippen LogP contribution in [-0.4, -0.2) is 26.9 Å². The van der Waals surface area contributed by atoms with E-state index < -0.39 is 10.8 Å². The monoisotopic (exact) mass is 309 g/mol. The second kappa shape index (κ2) is 6.71. The number of nitrogen functional groups attached to an aromatic ring is 1. The zero-order valence-corrected chi connectivity index (χ0v) is 12.9. The van der Waals surface area contributed by atoms with Gasteiger partial charge in [0.25, 0.3) is 5.22 Å². The number of benzene rings is 1. The van der Waals surface area contributed by atoms with Crippen molar-refractivity contribution in [2.75, 3.05) is 11.5 Å². The Morgan fingerprint density at radius 3 is 3.00 bits per heavy atom. The quantitative estimate of drug-likeness (QED) is 0.793. The second-order valence-electron chi connectivity index (χ2n) is 4.95. The summed E-state index contributed by atoms with van der Waals surface area (Å²) in [4.78, 5) is 15.9. The molecule has 1 heterocycles. The molecule has 2 aromatic rings. The molecule has 0 saturated carbocycles. The molecule has 3 N–H and O–H groups in total. The first-order chi connectivity index (χ1) is 9.99. The smallest absolute Gasteiger partial charge is 0.288 e. The van der Waals surface area contributed by atoms with Crippen molar-refractivity contribution in [2.24, 2.45) is 0 Å². The molecule has 7 heteroatoms. The van der Waals surface area contributed by atoms with Gasteiger partial charge in [-0.15, -0.1) is 0 Å². The van der Waals surface area contributed by atoms with E-state index in [1.165, 1.54) is 0 Å². The van der Waals surface area contributed by atoms with Crippen molar-refractivity contribution in [1.29, 1.82) is 0 Å². The lowest BCUT2D eigenvalue weighted by atomic mass is 10.2. The van der Waals surface area contributed by atoms with Gasteiger partial charge in [-0.3, -0.25) is 4.79 Å². The Bertz CT molecular complexity index is 669. The molecule has 0 aliphatic carbocycles. The first kappa shape index (κ1) is 15.5. The van der Waals surface area contributed by atoms with E-state index >= 15 is 0 Å². The number of carbonyl (C=O) groups excluding carboxylic acids is 1. The number of hydrogen-bond donors (Lipinski definition) is 2. The minimum absolute atomic E-state index is 0.0499. The van der Waals surface area contributed by atoms with Crippen molar-refractivity contribution in [3.63, 3.8) is 0 Å². The van der Waals surface area contributed by atoms with Gasteiger partial charge in [-0.1, -0.05) is 13.3 Å². The first-order valence-electron chi connectivity index (χ1n) is 6.83. The summed E-state index contributed by atoms with van der Waals surface area (Å²) >= 11 is 0. The van der Waals surface area contributed by atoms with Crippen LogP contribution in [0.4, 0.5) is 5.69 Å². The number of hydrogen-bond acceptors (Lipinski definition) is 5. The third-order valence-corrected chi connectivity index (χ3v) is 4.07. The predicted octanol–water partition coefficient (Wildman–Crippen LogP) is 1.82. The van der Waals surface area contributed by atoms with E-state index in [1.54, 1.807) is 18.2 Å². The number of aromatic nitrogens is 1. The highest BCUT2D eigenvalue weighted by Crippen LogP contribution is 2.20. The number of carbonyl (C=O) groups is 1. The summed E-state index contributed by atoms with van der Waals surface area (Å²) in [5.74, 6) is -0.424. The second-order valence-corrected chi connectivity index (χ2v) is 6.28. The number of fused-ring (bicyclic) bond motifs is 1. The molecule has 0 fully saturated rings. The lowest BCUT2D eigenvalue weighted by molar-refractivity contribution is -0.119. The molecule has 2 rings (SSSR count). The zero-order chi connectivity index (χ0) is 15.4. The van der Waals surface area contributed by atoms with E-state index in [2.05, 4.69) is 10.3 Å². The van der Waals surface area contributed by atoms with Gasteiger partial charge in [0.1, 0.15) is 22.1 Å². The predicted molar refractivity (Wildman–Crippen MR) is 82.2 cm³/mol. The van der Waals surface area contributed by atoms with Crippen LogP contribution in [0, 0.1) is 0 Å². The molecule has 0 aliphatic rings. The average molecular weight is 309 g/mol. The van der Waals surface area contributed by atoms with Gasteiger partial charge in [0.05, 0.1) is 0 Å². The summed E-state index contributed by atoms with van der Waals surface area (Å²) in [6.07, 6.45) is 1.87. The van der Waals surface area contributed by atoms with Crippen molar-refractivity contribution in [1.82, 2.24) is 10.3 Å². The molecule has 0 spiro atoms. The highest BCUT2D eigenvalue weighted by atomic mass is 32.2. The standard InChI is InChI=1S/C14H19N3O3S/c1-3-4-9(2)16-13(18)8-21(19)14-17-11-7-10(15)5-6-12(11)20-14/h5-7,9H,3-4,8,15H2,1-2H3,(H,16,18). The van der Waals surface area contributed by atoms with Crippen LogP contribution in [0.25, 0.3) is 11.1 Å². The summed E-state index contributed by atoms with van der Waals surface area (Å²) in [6.45, 7) is 3.97. The van der Waals surface area contributed by atoms with Gasteiger partial charge in [0, 0.05) is 11.7 Å². The molecule has 6 nitrogen and oxygen atoms in total. The molecule has 2 unspecified atom stereocenters. The van der Waals surface area contributed by atoms with Crippen LogP contribution in [0.1, 0.15) is 26.7 Å². The molecule has 114 valence electrons. The summed E-state index contributed by atoms with van der Waals surface area (Å²) < 4.78 is 17.5.